The topological polar surface area (TPSA) is 84.5 Å². The fraction of sp³-hybridized carbons (Fsp3) is 0.381. The molecule has 0 saturated heterocycles. The molecule has 0 aromatic heterocycles. The third kappa shape index (κ3) is 6.73. The van der Waals surface area contributed by atoms with Crippen LogP contribution in [-0.4, -0.2) is 37.0 Å². The van der Waals surface area contributed by atoms with Crippen molar-refractivity contribution in [2.75, 3.05) is 13.2 Å². The van der Waals surface area contributed by atoms with Gasteiger partial charge in [-0.25, -0.2) is 0 Å². The van der Waals surface area contributed by atoms with Crippen molar-refractivity contribution >= 4 is 28.6 Å². The standard InChI is InChI=1S/C21H26N2O4/c1-3-7-15(2)23-20(25)14-27-21(26)13-22-19(24)12-17-10-6-9-16-8-4-5-11-18(16)17/h4-6,8-11,15H,3,7,12-14H2,1-2H3,(H,22,24)(H,23,25)/t15-/m1/s1. The molecule has 2 N–H and O–H groups in total. The second-order valence-corrected chi connectivity index (χ2v) is 6.51. The van der Waals surface area contributed by atoms with Crippen molar-refractivity contribution < 1.29 is 19.1 Å². The zero-order valence-corrected chi connectivity index (χ0v) is 15.8. The molecule has 0 saturated carbocycles. The third-order valence-corrected chi connectivity index (χ3v) is 4.15. The summed E-state index contributed by atoms with van der Waals surface area (Å²) >= 11 is 0. The van der Waals surface area contributed by atoms with Gasteiger partial charge in [-0.2, -0.15) is 0 Å². The van der Waals surface area contributed by atoms with E-state index < -0.39 is 5.97 Å². The van der Waals surface area contributed by atoms with Crippen molar-refractivity contribution in [1.29, 1.82) is 0 Å². The van der Waals surface area contributed by atoms with Crippen molar-refractivity contribution in [3.63, 3.8) is 0 Å². The first-order valence-corrected chi connectivity index (χ1v) is 9.18. The summed E-state index contributed by atoms with van der Waals surface area (Å²) in [6.45, 7) is 3.33. The van der Waals surface area contributed by atoms with E-state index in [0.717, 1.165) is 29.2 Å². The normalized spacial score (nSPS) is 11.6. The summed E-state index contributed by atoms with van der Waals surface area (Å²) in [5.41, 5.74) is 0.892. The number of rotatable bonds is 9. The van der Waals surface area contributed by atoms with Crippen LogP contribution >= 0.6 is 0 Å². The predicted octanol–water partition coefficient (Wildman–Crippen LogP) is 2.35. The van der Waals surface area contributed by atoms with Crippen LogP contribution in [0.15, 0.2) is 42.5 Å². The molecule has 0 spiro atoms. The summed E-state index contributed by atoms with van der Waals surface area (Å²) < 4.78 is 4.89. The van der Waals surface area contributed by atoms with Crippen LogP contribution in [0.5, 0.6) is 0 Å². The lowest BCUT2D eigenvalue weighted by Crippen LogP contribution is -2.37. The van der Waals surface area contributed by atoms with Gasteiger partial charge >= 0.3 is 5.97 Å². The maximum absolute atomic E-state index is 12.1. The fourth-order valence-corrected chi connectivity index (χ4v) is 2.87. The van der Waals surface area contributed by atoms with Gasteiger partial charge in [0.15, 0.2) is 6.61 Å². The van der Waals surface area contributed by atoms with E-state index in [2.05, 4.69) is 10.6 Å². The van der Waals surface area contributed by atoms with E-state index >= 15 is 0 Å². The van der Waals surface area contributed by atoms with Gasteiger partial charge < -0.3 is 15.4 Å². The van der Waals surface area contributed by atoms with Gasteiger partial charge in [0, 0.05) is 6.04 Å². The van der Waals surface area contributed by atoms with Gasteiger partial charge in [0.1, 0.15) is 6.54 Å². The molecule has 0 bridgehead atoms. The van der Waals surface area contributed by atoms with Crippen LogP contribution < -0.4 is 10.6 Å². The molecule has 2 rings (SSSR count). The summed E-state index contributed by atoms with van der Waals surface area (Å²) in [7, 11) is 0. The Morgan fingerprint density at radius 3 is 2.56 bits per heavy atom. The molecular formula is C21H26N2O4. The molecule has 0 aliphatic carbocycles. The van der Waals surface area contributed by atoms with Crippen LogP contribution in [0, 0.1) is 0 Å². The number of hydrogen-bond donors (Lipinski definition) is 2. The van der Waals surface area contributed by atoms with E-state index in [1.807, 2.05) is 56.3 Å². The molecule has 27 heavy (non-hydrogen) atoms. The van der Waals surface area contributed by atoms with Gasteiger partial charge in [-0.3, -0.25) is 14.4 Å². The second-order valence-electron chi connectivity index (χ2n) is 6.51. The first-order valence-electron chi connectivity index (χ1n) is 9.18. The van der Waals surface area contributed by atoms with Crippen LogP contribution in [-0.2, 0) is 25.5 Å². The molecule has 2 aromatic carbocycles. The summed E-state index contributed by atoms with van der Waals surface area (Å²) in [4.78, 5) is 35.5. The highest BCUT2D eigenvalue weighted by molar-refractivity contribution is 5.91. The number of fused-ring (bicyclic) bond motifs is 1. The number of ether oxygens (including phenoxy) is 1. The molecule has 2 amide bonds. The second kappa shape index (κ2) is 10.3. The molecule has 0 aliphatic rings. The lowest BCUT2D eigenvalue weighted by atomic mass is 10.0. The molecule has 0 radical (unpaired) electrons. The molecule has 1 atom stereocenters. The van der Waals surface area contributed by atoms with E-state index in [1.54, 1.807) is 0 Å². The number of nitrogens with one attached hydrogen (secondary N) is 2. The average molecular weight is 370 g/mol. The zero-order valence-electron chi connectivity index (χ0n) is 15.8. The number of esters is 1. The van der Waals surface area contributed by atoms with E-state index in [9.17, 15) is 14.4 Å². The summed E-state index contributed by atoms with van der Waals surface area (Å²) in [6, 6.07) is 13.6. The maximum atomic E-state index is 12.1. The van der Waals surface area contributed by atoms with Gasteiger partial charge in [0.2, 0.25) is 5.91 Å². The third-order valence-electron chi connectivity index (χ3n) is 4.15. The number of benzene rings is 2. The molecule has 0 fully saturated rings. The number of amides is 2. The zero-order chi connectivity index (χ0) is 19.6. The predicted molar refractivity (Wildman–Crippen MR) is 104 cm³/mol. The van der Waals surface area contributed by atoms with Crippen molar-refractivity contribution in [3.05, 3.63) is 48.0 Å². The Balaban J connectivity index is 1.75. The maximum Gasteiger partial charge on any atom is 0.325 e. The highest BCUT2D eigenvalue weighted by Crippen LogP contribution is 2.18. The molecule has 0 heterocycles. The van der Waals surface area contributed by atoms with E-state index in [-0.39, 0.29) is 37.4 Å². The van der Waals surface area contributed by atoms with Crippen molar-refractivity contribution in [2.45, 2.75) is 39.2 Å². The Hall–Kier alpha value is -2.89. The van der Waals surface area contributed by atoms with Crippen molar-refractivity contribution in [1.82, 2.24) is 10.6 Å². The highest BCUT2D eigenvalue weighted by Gasteiger charge is 2.12. The van der Waals surface area contributed by atoms with Crippen LogP contribution in [0.4, 0.5) is 0 Å². The Labute approximate surface area is 159 Å². The fourth-order valence-electron chi connectivity index (χ4n) is 2.87. The van der Waals surface area contributed by atoms with Crippen LogP contribution in [0.2, 0.25) is 0 Å². The van der Waals surface area contributed by atoms with Crippen LogP contribution in [0.25, 0.3) is 10.8 Å². The smallest absolute Gasteiger partial charge is 0.325 e. The number of carbonyl (C=O) groups excluding carboxylic acids is 3. The van der Waals surface area contributed by atoms with Crippen LogP contribution in [0.3, 0.4) is 0 Å². The summed E-state index contributed by atoms with van der Waals surface area (Å²) in [5, 5.41) is 7.35. The molecule has 0 unspecified atom stereocenters. The Kier molecular flexibility index (Phi) is 7.79. The number of carbonyl (C=O) groups is 3. The van der Waals surface area contributed by atoms with Crippen molar-refractivity contribution in [2.24, 2.45) is 0 Å². The lowest BCUT2D eigenvalue weighted by molar-refractivity contribution is -0.148. The lowest BCUT2D eigenvalue weighted by Gasteiger charge is -2.13. The van der Waals surface area contributed by atoms with Crippen LogP contribution in [0.1, 0.15) is 32.3 Å². The van der Waals surface area contributed by atoms with E-state index in [1.165, 1.54) is 0 Å². The minimum absolute atomic E-state index is 0.0431. The highest BCUT2D eigenvalue weighted by atomic mass is 16.5. The van der Waals surface area contributed by atoms with E-state index in [0.29, 0.717) is 0 Å². The summed E-state index contributed by atoms with van der Waals surface area (Å²) in [5.74, 6) is -1.25. The SMILES string of the molecule is CCC[C@@H](C)NC(=O)COC(=O)CNC(=O)Cc1cccc2ccccc12. The Morgan fingerprint density at radius 2 is 1.78 bits per heavy atom. The Bertz CT molecular complexity index is 798. The first-order chi connectivity index (χ1) is 13.0. The summed E-state index contributed by atoms with van der Waals surface area (Å²) in [6.07, 6.45) is 2.00. The monoisotopic (exact) mass is 370 g/mol. The quantitative estimate of drug-likeness (QED) is 0.664. The minimum atomic E-state index is -0.639. The molecular weight excluding hydrogens is 344 g/mol. The van der Waals surface area contributed by atoms with Gasteiger partial charge in [-0.05, 0) is 29.7 Å². The first kappa shape index (κ1) is 20.4. The molecule has 0 aliphatic heterocycles. The average Bonchev–Trinajstić information content (AvgIpc) is 2.65. The van der Waals surface area contributed by atoms with Gasteiger partial charge in [0.25, 0.3) is 5.91 Å². The Morgan fingerprint density at radius 1 is 1.04 bits per heavy atom. The van der Waals surface area contributed by atoms with Gasteiger partial charge in [-0.1, -0.05) is 55.8 Å². The molecule has 144 valence electrons. The van der Waals surface area contributed by atoms with E-state index in [4.69, 9.17) is 4.74 Å². The van der Waals surface area contributed by atoms with Gasteiger partial charge in [-0.15, -0.1) is 0 Å². The molecule has 6 heteroatoms. The van der Waals surface area contributed by atoms with Gasteiger partial charge in [0.05, 0.1) is 6.42 Å². The molecule has 2 aromatic rings. The number of hydrogen-bond acceptors (Lipinski definition) is 4. The molecule has 6 nitrogen and oxygen atoms in total. The largest absolute Gasteiger partial charge is 0.454 e. The van der Waals surface area contributed by atoms with Crippen molar-refractivity contribution in [3.8, 4) is 0 Å². The minimum Gasteiger partial charge on any atom is -0.454 e.